The average molecular weight is 455 g/mol. The number of ether oxygens (including phenoxy) is 2. The van der Waals surface area contributed by atoms with Crippen molar-refractivity contribution in [3.63, 3.8) is 0 Å². The first-order valence-electron chi connectivity index (χ1n) is 8.52. The Morgan fingerprint density at radius 2 is 1.79 bits per heavy atom. The van der Waals surface area contributed by atoms with Crippen LogP contribution in [0.1, 0.15) is 16.7 Å². The largest absolute Gasteiger partial charge is 0.493 e. The van der Waals surface area contributed by atoms with Gasteiger partial charge in [0.25, 0.3) is 0 Å². The molecule has 0 aromatic heterocycles. The lowest BCUT2D eigenvalue weighted by Gasteiger charge is -2.13. The van der Waals surface area contributed by atoms with Crippen LogP contribution in [-0.4, -0.2) is 7.11 Å². The summed E-state index contributed by atoms with van der Waals surface area (Å²) >= 11 is 9.50. The second-order valence-electron chi connectivity index (χ2n) is 5.98. The van der Waals surface area contributed by atoms with Gasteiger partial charge in [0.2, 0.25) is 0 Å². The van der Waals surface area contributed by atoms with E-state index in [-0.39, 0.29) is 0 Å². The maximum absolute atomic E-state index is 9.57. The molecular formula is C23H17BrClNO2. The first-order valence-corrected chi connectivity index (χ1v) is 9.70. The number of nitriles is 1. The quantitative estimate of drug-likeness (QED) is 0.305. The molecule has 0 bridgehead atoms. The number of rotatable bonds is 6. The lowest BCUT2D eigenvalue weighted by molar-refractivity contribution is 0.284. The van der Waals surface area contributed by atoms with Gasteiger partial charge >= 0.3 is 0 Å². The summed E-state index contributed by atoms with van der Waals surface area (Å²) in [5, 5.41) is 10.2. The number of hydrogen-bond donors (Lipinski definition) is 0. The molecule has 0 fully saturated rings. The second-order valence-corrected chi connectivity index (χ2v) is 7.27. The highest BCUT2D eigenvalue weighted by molar-refractivity contribution is 9.10. The minimum Gasteiger partial charge on any atom is -0.493 e. The molecule has 0 radical (unpaired) electrons. The Kier molecular flexibility index (Phi) is 6.76. The molecule has 3 nitrogen and oxygen atoms in total. The van der Waals surface area contributed by atoms with E-state index in [2.05, 4.69) is 22.0 Å². The molecule has 3 rings (SSSR count). The molecule has 0 unspecified atom stereocenters. The summed E-state index contributed by atoms with van der Waals surface area (Å²) in [5.41, 5.74) is 3.20. The van der Waals surface area contributed by atoms with Crippen molar-refractivity contribution in [2.75, 3.05) is 7.11 Å². The number of halogens is 2. The molecule has 0 N–H and O–H groups in total. The zero-order valence-corrected chi connectivity index (χ0v) is 17.5. The van der Waals surface area contributed by atoms with E-state index in [1.807, 2.05) is 54.6 Å². The third-order valence-corrected chi connectivity index (χ3v) is 5.03. The summed E-state index contributed by atoms with van der Waals surface area (Å²) in [7, 11) is 1.59. The van der Waals surface area contributed by atoms with Gasteiger partial charge in [-0.05, 0) is 47.0 Å². The fourth-order valence-corrected chi connectivity index (χ4v) is 3.20. The van der Waals surface area contributed by atoms with Crippen LogP contribution in [0.2, 0.25) is 5.02 Å². The maximum Gasteiger partial charge on any atom is 0.162 e. The van der Waals surface area contributed by atoms with Crippen LogP contribution in [-0.2, 0) is 6.61 Å². The van der Waals surface area contributed by atoms with Gasteiger partial charge in [0.15, 0.2) is 11.5 Å². The molecule has 0 aliphatic rings. The summed E-state index contributed by atoms with van der Waals surface area (Å²) in [4.78, 5) is 0. The molecule has 140 valence electrons. The Balaban J connectivity index is 1.90. The molecule has 28 heavy (non-hydrogen) atoms. The van der Waals surface area contributed by atoms with Crippen LogP contribution in [0.15, 0.2) is 71.2 Å². The number of allylic oxidation sites excluding steroid dienone is 1. The smallest absolute Gasteiger partial charge is 0.162 e. The van der Waals surface area contributed by atoms with Crippen LogP contribution < -0.4 is 9.47 Å². The van der Waals surface area contributed by atoms with E-state index < -0.39 is 0 Å². The predicted molar refractivity (Wildman–Crippen MR) is 116 cm³/mol. The summed E-state index contributed by atoms with van der Waals surface area (Å²) < 4.78 is 12.2. The lowest BCUT2D eigenvalue weighted by atomic mass is 10.0. The van der Waals surface area contributed by atoms with Gasteiger partial charge in [-0.2, -0.15) is 5.26 Å². The minimum atomic E-state index is 0.438. The Labute approximate surface area is 177 Å². The summed E-state index contributed by atoms with van der Waals surface area (Å²) in [6, 6.07) is 23.0. The van der Waals surface area contributed by atoms with Crippen molar-refractivity contribution < 1.29 is 9.47 Å². The van der Waals surface area contributed by atoms with Gasteiger partial charge in [0, 0.05) is 9.50 Å². The summed E-state index contributed by atoms with van der Waals surface area (Å²) in [5.74, 6) is 1.22. The lowest BCUT2D eigenvalue weighted by Crippen LogP contribution is -1.98. The standard InChI is InChI=1S/C23H17BrClNO2/c1-27-22-12-18(11-19(14-26)17-7-9-20(25)10-8-17)21(24)13-23(22)28-15-16-5-3-2-4-6-16/h2-13H,15H2,1H3/b19-11+. The van der Waals surface area contributed by atoms with Gasteiger partial charge in [0.1, 0.15) is 6.61 Å². The van der Waals surface area contributed by atoms with Crippen molar-refractivity contribution in [3.05, 3.63) is 92.9 Å². The maximum atomic E-state index is 9.57. The van der Waals surface area contributed by atoms with Crippen molar-refractivity contribution in [1.82, 2.24) is 0 Å². The Morgan fingerprint density at radius 3 is 2.43 bits per heavy atom. The molecule has 0 spiro atoms. The van der Waals surface area contributed by atoms with E-state index in [9.17, 15) is 5.26 Å². The molecule has 0 amide bonds. The highest BCUT2D eigenvalue weighted by Crippen LogP contribution is 2.36. The summed E-state index contributed by atoms with van der Waals surface area (Å²) in [6.45, 7) is 0.438. The minimum absolute atomic E-state index is 0.438. The second kappa shape index (κ2) is 9.45. The topological polar surface area (TPSA) is 42.2 Å². The van der Waals surface area contributed by atoms with E-state index in [0.717, 1.165) is 21.2 Å². The van der Waals surface area contributed by atoms with Gasteiger partial charge in [0.05, 0.1) is 18.8 Å². The van der Waals surface area contributed by atoms with Gasteiger partial charge in [-0.1, -0.05) is 70.0 Å². The molecule has 0 aliphatic carbocycles. The molecule has 3 aromatic carbocycles. The van der Waals surface area contributed by atoms with E-state index in [1.165, 1.54) is 0 Å². The molecule has 3 aromatic rings. The van der Waals surface area contributed by atoms with E-state index in [1.54, 1.807) is 25.3 Å². The van der Waals surface area contributed by atoms with Crippen molar-refractivity contribution in [1.29, 1.82) is 5.26 Å². The van der Waals surface area contributed by atoms with E-state index in [4.69, 9.17) is 21.1 Å². The molecule has 0 heterocycles. The Hall–Kier alpha value is -2.74. The number of benzene rings is 3. The van der Waals surface area contributed by atoms with Gasteiger partial charge < -0.3 is 9.47 Å². The SMILES string of the molecule is COc1cc(/C=C(\C#N)c2ccc(Cl)cc2)c(Br)cc1OCc1ccccc1. The zero-order valence-electron chi connectivity index (χ0n) is 15.2. The highest BCUT2D eigenvalue weighted by atomic mass is 79.9. The monoisotopic (exact) mass is 453 g/mol. The van der Waals surface area contributed by atoms with Crippen LogP contribution >= 0.6 is 27.5 Å². The Morgan fingerprint density at radius 1 is 1.07 bits per heavy atom. The van der Waals surface area contributed by atoms with Crippen LogP contribution in [0.25, 0.3) is 11.6 Å². The van der Waals surface area contributed by atoms with Gasteiger partial charge in [-0.3, -0.25) is 0 Å². The van der Waals surface area contributed by atoms with Crippen LogP contribution in [0, 0.1) is 11.3 Å². The molecule has 0 saturated heterocycles. The molecule has 5 heteroatoms. The fourth-order valence-electron chi connectivity index (χ4n) is 2.63. The normalized spacial score (nSPS) is 11.0. The molecular weight excluding hydrogens is 438 g/mol. The number of nitrogens with zero attached hydrogens (tertiary/aromatic N) is 1. The average Bonchev–Trinajstić information content (AvgIpc) is 2.73. The number of hydrogen-bond acceptors (Lipinski definition) is 3. The molecule has 0 atom stereocenters. The van der Waals surface area contributed by atoms with Crippen molar-refractivity contribution in [2.45, 2.75) is 6.61 Å². The molecule has 0 saturated carbocycles. The number of methoxy groups -OCH3 is 1. The van der Waals surface area contributed by atoms with Gasteiger partial charge in [-0.25, -0.2) is 0 Å². The highest BCUT2D eigenvalue weighted by Gasteiger charge is 2.11. The van der Waals surface area contributed by atoms with Crippen molar-refractivity contribution >= 4 is 39.2 Å². The van der Waals surface area contributed by atoms with Crippen LogP contribution in [0.5, 0.6) is 11.5 Å². The van der Waals surface area contributed by atoms with Gasteiger partial charge in [-0.15, -0.1) is 0 Å². The van der Waals surface area contributed by atoms with Crippen molar-refractivity contribution in [2.24, 2.45) is 0 Å². The van der Waals surface area contributed by atoms with Crippen LogP contribution in [0.3, 0.4) is 0 Å². The first kappa shape index (κ1) is 20.0. The zero-order chi connectivity index (χ0) is 19.9. The predicted octanol–water partition coefficient (Wildman–Crippen LogP) is 6.75. The van der Waals surface area contributed by atoms with Crippen LogP contribution in [0.4, 0.5) is 0 Å². The molecule has 0 aliphatic heterocycles. The van der Waals surface area contributed by atoms with Crippen molar-refractivity contribution in [3.8, 4) is 17.6 Å². The fraction of sp³-hybridized carbons (Fsp3) is 0.0870. The third-order valence-electron chi connectivity index (χ3n) is 4.10. The Bertz CT molecular complexity index is 1020. The first-order chi connectivity index (χ1) is 13.6. The third kappa shape index (κ3) is 4.95. The summed E-state index contributed by atoms with van der Waals surface area (Å²) in [6.07, 6.45) is 1.80. The van der Waals surface area contributed by atoms with E-state index >= 15 is 0 Å². The van der Waals surface area contributed by atoms with E-state index in [0.29, 0.717) is 28.7 Å².